The summed E-state index contributed by atoms with van der Waals surface area (Å²) in [5, 5.41) is 37.0. The minimum Gasteiger partial charge on any atom is -0.465 e. The summed E-state index contributed by atoms with van der Waals surface area (Å²) in [6, 6.07) is 0. The molecule has 0 aromatic heterocycles. The molecule has 1 aliphatic rings. The number of aliphatic hydroxyl groups excluding tert-OH is 3. The Bertz CT molecular complexity index is 230. The topological polar surface area (TPSA) is 116 Å². The van der Waals surface area contributed by atoms with Crippen LogP contribution in [-0.2, 0) is 14.3 Å². The first-order valence-corrected chi connectivity index (χ1v) is 3.92. The monoisotopic (exact) mass is 208 g/mol. The molecule has 0 aliphatic carbocycles. The highest BCUT2D eigenvalue weighted by Crippen LogP contribution is 2.24. The minimum absolute atomic E-state index is 0.468. The summed E-state index contributed by atoms with van der Waals surface area (Å²) in [6.45, 7) is -0.468. The third kappa shape index (κ3) is 1.60. The SMILES string of the molecule is COC(=O)[C@]1(O)OC[C@@H](O)[C@@H](O)[C@H]1O. The molecule has 4 N–H and O–H groups in total. The number of methoxy groups -OCH3 is 1. The maximum atomic E-state index is 11.0. The summed E-state index contributed by atoms with van der Waals surface area (Å²) < 4.78 is 8.71. The first kappa shape index (κ1) is 11.3. The number of carbonyl (C=O) groups excluding carboxylic acids is 1. The Kier molecular flexibility index (Phi) is 3.07. The molecule has 1 rings (SSSR count). The molecule has 1 saturated heterocycles. The maximum absolute atomic E-state index is 11.0. The van der Waals surface area contributed by atoms with E-state index in [0.29, 0.717) is 0 Å². The lowest BCUT2D eigenvalue weighted by molar-refractivity contribution is -0.312. The summed E-state index contributed by atoms with van der Waals surface area (Å²) in [7, 11) is 0.994. The predicted molar refractivity (Wildman–Crippen MR) is 40.9 cm³/mol. The van der Waals surface area contributed by atoms with E-state index in [9.17, 15) is 20.1 Å². The van der Waals surface area contributed by atoms with Crippen molar-refractivity contribution >= 4 is 5.97 Å². The van der Waals surface area contributed by atoms with Gasteiger partial charge in [0.2, 0.25) is 0 Å². The average molecular weight is 208 g/mol. The molecule has 0 radical (unpaired) electrons. The van der Waals surface area contributed by atoms with E-state index >= 15 is 0 Å². The molecule has 1 heterocycles. The number of aliphatic hydroxyl groups is 4. The molecule has 0 unspecified atom stereocenters. The first-order chi connectivity index (χ1) is 6.43. The molecule has 0 amide bonds. The quantitative estimate of drug-likeness (QED) is 0.338. The van der Waals surface area contributed by atoms with Gasteiger partial charge in [-0.3, -0.25) is 0 Å². The van der Waals surface area contributed by atoms with Crippen molar-refractivity contribution in [3.8, 4) is 0 Å². The van der Waals surface area contributed by atoms with Crippen molar-refractivity contribution in [2.75, 3.05) is 13.7 Å². The van der Waals surface area contributed by atoms with Crippen molar-refractivity contribution in [2.24, 2.45) is 0 Å². The van der Waals surface area contributed by atoms with Crippen LogP contribution >= 0.6 is 0 Å². The molecule has 4 atom stereocenters. The number of ether oxygens (including phenoxy) is 2. The summed E-state index contributed by atoms with van der Waals surface area (Å²) in [5.41, 5.74) is 0. The van der Waals surface area contributed by atoms with Gasteiger partial charge in [-0.25, -0.2) is 4.79 Å². The molecule has 0 aromatic rings. The number of hydrogen-bond acceptors (Lipinski definition) is 7. The van der Waals surface area contributed by atoms with Crippen LogP contribution in [0.4, 0.5) is 0 Å². The normalized spacial score (nSPS) is 43.4. The number of rotatable bonds is 1. The minimum atomic E-state index is -2.62. The van der Waals surface area contributed by atoms with Crippen LogP contribution in [0.25, 0.3) is 0 Å². The molecule has 0 spiro atoms. The van der Waals surface area contributed by atoms with E-state index < -0.39 is 36.7 Å². The molecular weight excluding hydrogens is 196 g/mol. The Morgan fingerprint density at radius 1 is 1.50 bits per heavy atom. The van der Waals surface area contributed by atoms with Gasteiger partial charge >= 0.3 is 5.97 Å². The van der Waals surface area contributed by atoms with Gasteiger partial charge in [0.15, 0.2) is 0 Å². The van der Waals surface area contributed by atoms with E-state index in [1.807, 2.05) is 0 Å². The third-order valence-electron chi connectivity index (χ3n) is 2.07. The largest absolute Gasteiger partial charge is 0.465 e. The van der Waals surface area contributed by atoms with Gasteiger partial charge in [0, 0.05) is 0 Å². The van der Waals surface area contributed by atoms with Crippen LogP contribution in [0.15, 0.2) is 0 Å². The van der Waals surface area contributed by atoms with Crippen LogP contribution in [0, 0.1) is 0 Å². The molecule has 0 bridgehead atoms. The van der Waals surface area contributed by atoms with E-state index in [1.165, 1.54) is 0 Å². The zero-order valence-corrected chi connectivity index (χ0v) is 7.45. The fourth-order valence-electron chi connectivity index (χ4n) is 1.16. The van der Waals surface area contributed by atoms with Crippen LogP contribution in [0.2, 0.25) is 0 Å². The highest BCUT2D eigenvalue weighted by atomic mass is 16.7. The Hall–Kier alpha value is -0.730. The number of hydrogen-bond donors (Lipinski definition) is 4. The van der Waals surface area contributed by atoms with E-state index in [-0.39, 0.29) is 0 Å². The fraction of sp³-hybridized carbons (Fsp3) is 0.857. The van der Waals surface area contributed by atoms with Crippen LogP contribution in [0.1, 0.15) is 0 Å². The zero-order valence-electron chi connectivity index (χ0n) is 7.45. The van der Waals surface area contributed by atoms with Gasteiger partial charge in [-0.1, -0.05) is 0 Å². The van der Waals surface area contributed by atoms with Crippen molar-refractivity contribution in [1.29, 1.82) is 0 Å². The van der Waals surface area contributed by atoms with Crippen molar-refractivity contribution in [1.82, 2.24) is 0 Å². The van der Waals surface area contributed by atoms with Gasteiger partial charge in [-0.05, 0) is 0 Å². The lowest BCUT2D eigenvalue weighted by Gasteiger charge is -2.39. The Labute approximate surface area is 79.5 Å². The third-order valence-corrected chi connectivity index (χ3v) is 2.07. The van der Waals surface area contributed by atoms with Crippen molar-refractivity contribution in [3.05, 3.63) is 0 Å². The van der Waals surface area contributed by atoms with Crippen molar-refractivity contribution in [2.45, 2.75) is 24.1 Å². The van der Waals surface area contributed by atoms with Gasteiger partial charge in [-0.2, -0.15) is 0 Å². The molecule has 1 aliphatic heterocycles. The number of esters is 1. The van der Waals surface area contributed by atoms with Gasteiger partial charge in [0.25, 0.3) is 5.79 Å². The van der Waals surface area contributed by atoms with Gasteiger partial charge < -0.3 is 29.9 Å². The lowest BCUT2D eigenvalue weighted by atomic mass is 9.97. The zero-order chi connectivity index (χ0) is 10.9. The molecule has 1 fully saturated rings. The molecule has 7 nitrogen and oxygen atoms in total. The van der Waals surface area contributed by atoms with Crippen molar-refractivity contribution in [3.63, 3.8) is 0 Å². The Morgan fingerprint density at radius 3 is 2.57 bits per heavy atom. The van der Waals surface area contributed by atoms with Crippen molar-refractivity contribution < 1.29 is 34.7 Å². The van der Waals surface area contributed by atoms with Crippen LogP contribution in [-0.4, -0.2) is 64.2 Å². The standard InChI is InChI=1S/C7H12O7/c1-13-6(11)7(12)5(10)4(9)3(8)2-14-7/h3-5,8-10,12H,2H2,1H3/t3-,4-,5-,7-/m1/s1. The van der Waals surface area contributed by atoms with Gasteiger partial charge in [-0.15, -0.1) is 0 Å². The predicted octanol–water partition coefficient (Wildman–Crippen LogP) is -3.04. The highest BCUT2D eigenvalue weighted by molar-refractivity contribution is 5.78. The average Bonchev–Trinajstić information content (AvgIpc) is 2.19. The van der Waals surface area contributed by atoms with Gasteiger partial charge in [0.1, 0.15) is 18.3 Å². The number of carbonyl (C=O) groups is 1. The Morgan fingerprint density at radius 2 is 2.07 bits per heavy atom. The fourth-order valence-corrected chi connectivity index (χ4v) is 1.16. The van der Waals surface area contributed by atoms with Crippen LogP contribution in [0.3, 0.4) is 0 Å². The second-order valence-corrected chi connectivity index (χ2v) is 3.00. The molecule has 0 saturated carbocycles. The summed E-state index contributed by atoms with van der Waals surface area (Å²) in [6.07, 6.45) is -4.96. The Balaban J connectivity index is 2.85. The second-order valence-electron chi connectivity index (χ2n) is 3.00. The highest BCUT2D eigenvalue weighted by Gasteiger charge is 2.54. The molecule has 14 heavy (non-hydrogen) atoms. The van der Waals surface area contributed by atoms with Crippen LogP contribution < -0.4 is 0 Å². The summed E-state index contributed by atoms with van der Waals surface area (Å²) in [5.74, 6) is -3.84. The summed E-state index contributed by atoms with van der Waals surface area (Å²) >= 11 is 0. The van der Waals surface area contributed by atoms with E-state index in [4.69, 9.17) is 5.11 Å². The van der Waals surface area contributed by atoms with E-state index in [0.717, 1.165) is 7.11 Å². The second kappa shape index (κ2) is 3.79. The maximum Gasteiger partial charge on any atom is 0.369 e. The van der Waals surface area contributed by atoms with Crippen LogP contribution in [0.5, 0.6) is 0 Å². The summed E-state index contributed by atoms with van der Waals surface area (Å²) in [4.78, 5) is 11.0. The first-order valence-electron chi connectivity index (χ1n) is 3.92. The van der Waals surface area contributed by atoms with Gasteiger partial charge in [0.05, 0.1) is 13.7 Å². The lowest BCUT2D eigenvalue weighted by Crippen LogP contribution is -2.64. The molecule has 7 heteroatoms. The molecular formula is C7H12O7. The molecule has 0 aromatic carbocycles. The van der Waals surface area contributed by atoms with E-state index in [2.05, 4.69) is 9.47 Å². The molecule has 82 valence electrons. The smallest absolute Gasteiger partial charge is 0.369 e. The van der Waals surface area contributed by atoms with E-state index in [1.54, 1.807) is 0 Å².